The summed E-state index contributed by atoms with van der Waals surface area (Å²) in [5.41, 5.74) is 11.6. The molecule has 0 bridgehead atoms. The molecule has 39 heavy (non-hydrogen) atoms. The van der Waals surface area contributed by atoms with Gasteiger partial charge in [0.25, 0.3) is 10.0 Å². The second-order valence-corrected chi connectivity index (χ2v) is 11.8. The average molecular weight is 546 g/mol. The number of para-hydroxylation sites is 1. The number of nitrogens with two attached hydrogens (primary N) is 1. The number of anilines is 2. The summed E-state index contributed by atoms with van der Waals surface area (Å²) in [6.07, 6.45) is 6.82. The van der Waals surface area contributed by atoms with Crippen molar-refractivity contribution < 1.29 is 13.2 Å². The predicted octanol–water partition coefficient (Wildman–Crippen LogP) is 5.66. The van der Waals surface area contributed by atoms with Gasteiger partial charge in [0.15, 0.2) is 0 Å². The van der Waals surface area contributed by atoms with Gasteiger partial charge < -0.3 is 15.8 Å². The Labute approximate surface area is 230 Å². The quantitative estimate of drug-likeness (QED) is 0.261. The van der Waals surface area contributed by atoms with Gasteiger partial charge in [0.1, 0.15) is 10.6 Å². The Bertz CT molecular complexity index is 1600. The van der Waals surface area contributed by atoms with Gasteiger partial charge in [0.2, 0.25) is 5.95 Å². The van der Waals surface area contributed by atoms with Crippen LogP contribution in [0.25, 0.3) is 22.0 Å². The molecule has 1 aliphatic carbocycles. The second-order valence-electron chi connectivity index (χ2n) is 10.2. The van der Waals surface area contributed by atoms with E-state index < -0.39 is 10.0 Å². The molecule has 3 aromatic carbocycles. The molecule has 0 saturated heterocycles. The first-order valence-corrected chi connectivity index (χ1v) is 14.8. The Morgan fingerprint density at radius 2 is 1.82 bits per heavy atom. The Hall–Kier alpha value is -3.69. The van der Waals surface area contributed by atoms with Crippen LogP contribution >= 0.6 is 0 Å². The van der Waals surface area contributed by atoms with Crippen molar-refractivity contribution in [2.75, 3.05) is 17.1 Å². The highest BCUT2D eigenvalue weighted by Crippen LogP contribution is 2.32. The van der Waals surface area contributed by atoms with Gasteiger partial charge >= 0.3 is 0 Å². The van der Waals surface area contributed by atoms with Crippen LogP contribution in [0.5, 0.6) is 5.75 Å². The largest absolute Gasteiger partial charge is 0.495 e. The number of benzene rings is 3. The van der Waals surface area contributed by atoms with E-state index in [4.69, 9.17) is 15.5 Å². The maximum absolute atomic E-state index is 13.0. The summed E-state index contributed by atoms with van der Waals surface area (Å²) in [5.74, 6) is 0.957. The minimum atomic E-state index is -3.81. The molecule has 9 heteroatoms. The predicted molar refractivity (Wildman–Crippen MR) is 157 cm³/mol. The van der Waals surface area contributed by atoms with Crippen LogP contribution in [-0.2, 0) is 16.4 Å². The van der Waals surface area contributed by atoms with Crippen LogP contribution in [0.2, 0.25) is 0 Å². The Balaban J connectivity index is 1.41. The van der Waals surface area contributed by atoms with Crippen molar-refractivity contribution in [1.29, 1.82) is 0 Å². The number of aromatic nitrogens is 2. The third-order valence-electron chi connectivity index (χ3n) is 7.40. The lowest BCUT2D eigenvalue weighted by Gasteiger charge is -2.26. The first-order chi connectivity index (χ1) is 18.8. The van der Waals surface area contributed by atoms with Crippen LogP contribution in [0.4, 0.5) is 11.6 Å². The maximum atomic E-state index is 13.0. The number of hydrogen-bond acceptors (Lipinski definition) is 7. The van der Waals surface area contributed by atoms with Gasteiger partial charge in [-0.1, -0.05) is 25.1 Å². The lowest BCUT2D eigenvalue weighted by molar-refractivity contribution is 0.403. The topological polar surface area (TPSA) is 119 Å². The number of methoxy groups -OCH3 is 1. The normalized spacial score (nSPS) is 17.6. The van der Waals surface area contributed by atoms with Gasteiger partial charge in [0, 0.05) is 29.4 Å². The fraction of sp³-hybridized carbons (Fsp3) is 0.333. The number of nitrogens with zero attached hydrogens (tertiary/aromatic N) is 2. The number of aryl methyl sites for hydroxylation is 2. The lowest BCUT2D eigenvalue weighted by Crippen LogP contribution is -2.33. The first kappa shape index (κ1) is 26.9. The van der Waals surface area contributed by atoms with E-state index in [0.29, 0.717) is 29.5 Å². The number of ether oxygens (including phenoxy) is 1. The van der Waals surface area contributed by atoms with E-state index >= 15 is 0 Å². The van der Waals surface area contributed by atoms with Crippen molar-refractivity contribution in [2.24, 2.45) is 5.73 Å². The molecule has 1 aliphatic rings. The van der Waals surface area contributed by atoms with Gasteiger partial charge in [-0.05, 0) is 97.7 Å². The van der Waals surface area contributed by atoms with E-state index in [-0.39, 0.29) is 4.90 Å². The van der Waals surface area contributed by atoms with Gasteiger partial charge in [-0.3, -0.25) is 4.72 Å². The summed E-state index contributed by atoms with van der Waals surface area (Å²) in [7, 11) is -2.36. The molecule has 1 fully saturated rings. The zero-order chi connectivity index (χ0) is 27.6. The molecule has 0 unspecified atom stereocenters. The maximum Gasteiger partial charge on any atom is 0.265 e. The van der Waals surface area contributed by atoms with Crippen LogP contribution in [-0.4, -0.2) is 37.6 Å². The van der Waals surface area contributed by atoms with Crippen LogP contribution in [0, 0.1) is 6.92 Å². The van der Waals surface area contributed by atoms with Crippen LogP contribution < -0.4 is 20.5 Å². The first-order valence-electron chi connectivity index (χ1n) is 13.4. The number of hydrogen-bond donors (Lipinski definition) is 3. The van der Waals surface area contributed by atoms with Crippen LogP contribution in [0.3, 0.4) is 0 Å². The molecule has 204 valence electrons. The summed E-state index contributed by atoms with van der Waals surface area (Å²) in [6, 6.07) is 17.1. The van der Waals surface area contributed by atoms with Gasteiger partial charge in [0.05, 0.1) is 12.6 Å². The number of sulfonamides is 1. The van der Waals surface area contributed by atoms with Crippen LogP contribution in [0.15, 0.2) is 65.7 Å². The molecule has 1 heterocycles. The lowest BCUT2D eigenvalue weighted by atomic mass is 9.92. The fourth-order valence-electron chi connectivity index (χ4n) is 5.26. The summed E-state index contributed by atoms with van der Waals surface area (Å²) in [6.45, 7) is 4.10. The highest BCUT2D eigenvalue weighted by molar-refractivity contribution is 7.92. The molecule has 4 N–H and O–H groups in total. The molecule has 0 aliphatic heterocycles. The van der Waals surface area contributed by atoms with E-state index in [1.54, 1.807) is 24.3 Å². The van der Waals surface area contributed by atoms with Crippen molar-refractivity contribution in [2.45, 2.75) is 62.9 Å². The molecule has 0 atom stereocenters. The van der Waals surface area contributed by atoms with Crippen molar-refractivity contribution in [3.05, 3.63) is 71.9 Å². The van der Waals surface area contributed by atoms with Crippen molar-refractivity contribution in [3.8, 4) is 16.9 Å². The monoisotopic (exact) mass is 545 g/mol. The Morgan fingerprint density at radius 1 is 1.05 bits per heavy atom. The zero-order valence-electron chi connectivity index (χ0n) is 22.6. The van der Waals surface area contributed by atoms with Crippen LogP contribution in [0.1, 0.15) is 43.7 Å². The third kappa shape index (κ3) is 5.84. The molecule has 0 radical (unpaired) electrons. The third-order valence-corrected chi connectivity index (χ3v) is 8.82. The van der Waals surface area contributed by atoms with Crippen molar-refractivity contribution in [3.63, 3.8) is 0 Å². The molecule has 8 nitrogen and oxygen atoms in total. The summed E-state index contributed by atoms with van der Waals surface area (Å²) >= 11 is 0. The molecule has 0 spiro atoms. The highest BCUT2D eigenvalue weighted by atomic mass is 32.2. The zero-order valence-corrected chi connectivity index (χ0v) is 23.4. The molecule has 0 amide bonds. The molecular weight excluding hydrogens is 510 g/mol. The molecule has 1 saturated carbocycles. The standard InChI is InChI=1S/C30H35N5O3S/c1-4-20-16-21(17-22-18-32-30(34-29(20)22)33-24-11-9-23(31)10-12-24)26-14-13-25(15-19(26)2)35-39(36,37)28-8-6-5-7-27(28)38-3/h5-8,13-18,23-24,35H,4,9-12,31H2,1-3H3,(H,32,33,34). The summed E-state index contributed by atoms with van der Waals surface area (Å²) in [4.78, 5) is 9.58. The molecule has 4 aromatic rings. The van der Waals surface area contributed by atoms with E-state index in [9.17, 15) is 8.42 Å². The fourth-order valence-corrected chi connectivity index (χ4v) is 6.48. The van der Waals surface area contributed by atoms with E-state index in [2.05, 4.69) is 34.1 Å². The number of nitrogens with one attached hydrogen (secondary N) is 2. The Morgan fingerprint density at radius 3 is 2.54 bits per heavy atom. The van der Waals surface area contributed by atoms with E-state index in [1.807, 2.05) is 25.3 Å². The number of fused-ring (bicyclic) bond motifs is 1. The van der Waals surface area contributed by atoms with Gasteiger partial charge in [-0.2, -0.15) is 0 Å². The summed E-state index contributed by atoms with van der Waals surface area (Å²) in [5, 5.41) is 4.48. The smallest absolute Gasteiger partial charge is 0.265 e. The molecule has 1 aromatic heterocycles. The second kappa shape index (κ2) is 11.2. The summed E-state index contributed by atoms with van der Waals surface area (Å²) < 4.78 is 34.0. The minimum Gasteiger partial charge on any atom is -0.495 e. The van der Waals surface area contributed by atoms with E-state index in [0.717, 1.165) is 65.3 Å². The highest BCUT2D eigenvalue weighted by Gasteiger charge is 2.21. The van der Waals surface area contributed by atoms with Gasteiger partial charge in [-0.25, -0.2) is 18.4 Å². The van der Waals surface area contributed by atoms with E-state index in [1.165, 1.54) is 13.2 Å². The van der Waals surface area contributed by atoms with Gasteiger partial charge in [-0.15, -0.1) is 0 Å². The van der Waals surface area contributed by atoms with Crippen molar-refractivity contribution >= 4 is 32.6 Å². The SMILES string of the molecule is CCc1cc(-c2ccc(NS(=O)(=O)c3ccccc3OC)cc2C)cc2cnc(NC3CCC(N)CC3)nc12. The molecule has 5 rings (SSSR count). The average Bonchev–Trinajstić information content (AvgIpc) is 2.93. The Kier molecular flexibility index (Phi) is 7.72. The minimum absolute atomic E-state index is 0.0947. The number of rotatable bonds is 8. The van der Waals surface area contributed by atoms with Crippen molar-refractivity contribution in [1.82, 2.24) is 9.97 Å². The molecular formula is C30H35N5O3S.